The van der Waals surface area contributed by atoms with Gasteiger partial charge in [0.15, 0.2) is 18.5 Å². The van der Waals surface area contributed by atoms with Gasteiger partial charge in [0.05, 0.1) is 4.91 Å². The lowest BCUT2D eigenvalue weighted by Crippen LogP contribution is -2.42. The van der Waals surface area contributed by atoms with Crippen molar-refractivity contribution in [2.45, 2.75) is 57.5 Å². The molecule has 126 valence electrons. The predicted octanol–water partition coefficient (Wildman–Crippen LogP) is 2.41. The Morgan fingerprint density at radius 2 is 1.95 bits per heavy atom. The number of unbranched alkanes of at least 4 members (excludes halogenated alkanes) is 5. The Labute approximate surface area is 136 Å². The van der Waals surface area contributed by atoms with Crippen molar-refractivity contribution in [3.8, 4) is 0 Å². The van der Waals surface area contributed by atoms with E-state index in [0.29, 0.717) is 11.3 Å². The minimum Gasteiger partial charge on any atom is -0.438 e. The average molecular weight is 330 g/mol. The molecule has 5 nitrogen and oxygen atoms in total. The number of allylic oxidation sites excluding steroid dienone is 1. The molecule has 0 radical (unpaired) electrons. The molecule has 1 rings (SSSR count). The molecule has 0 fully saturated rings. The van der Waals surface area contributed by atoms with Gasteiger partial charge in [-0.2, -0.15) is 0 Å². The number of esters is 1. The molecule has 0 saturated carbocycles. The summed E-state index contributed by atoms with van der Waals surface area (Å²) in [7, 11) is 0. The van der Waals surface area contributed by atoms with Crippen molar-refractivity contribution in [3.63, 3.8) is 0 Å². The smallest absolute Gasteiger partial charge is 0.322 e. The highest BCUT2D eigenvalue weighted by Gasteiger charge is 2.51. The number of aliphatic hydroxyl groups excluding tert-OH is 1. The molecule has 22 heavy (non-hydrogen) atoms. The third kappa shape index (κ3) is 4.83. The van der Waals surface area contributed by atoms with Crippen LogP contribution in [0.3, 0.4) is 0 Å². The Balaban J connectivity index is 2.66. The van der Waals surface area contributed by atoms with Gasteiger partial charge in [0.1, 0.15) is 5.60 Å². The summed E-state index contributed by atoms with van der Waals surface area (Å²) in [5.74, 6) is -2.53. The van der Waals surface area contributed by atoms with Gasteiger partial charge >= 0.3 is 5.97 Å². The fraction of sp³-hybridized carbons (Fsp3) is 0.750. The van der Waals surface area contributed by atoms with E-state index in [1.54, 1.807) is 6.26 Å². The highest BCUT2D eigenvalue weighted by molar-refractivity contribution is 8.03. The number of hydrogen-bond donors (Lipinski definition) is 2. The SMILES string of the molecule is CCCCCCCCC1(O)C=C(SC)C(=O)C1C(=O)OCO. The maximum absolute atomic E-state index is 12.2. The molecule has 2 N–H and O–H groups in total. The first kappa shape index (κ1) is 19.2. The quantitative estimate of drug-likeness (QED) is 0.277. The lowest BCUT2D eigenvalue weighted by molar-refractivity contribution is -0.165. The highest BCUT2D eigenvalue weighted by Crippen LogP contribution is 2.39. The molecule has 0 aromatic rings. The molecular weight excluding hydrogens is 304 g/mol. The Hall–Kier alpha value is -0.850. The van der Waals surface area contributed by atoms with E-state index in [0.717, 1.165) is 25.7 Å². The van der Waals surface area contributed by atoms with Gasteiger partial charge in [0.2, 0.25) is 0 Å². The number of aliphatic hydroxyl groups is 2. The molecule has 1 aliphatic carbocycles. The summed E-state index contributed by atoms with van der Waals surface area (Å²) >= 11 is 1.21. The molecule has 6 heteroatoms. The number of rotatable bonds is 10. The molecule has 0 amide bonds. The van der Waals surface area contributed by atoms with Crippen LogP contribution in [0.4, 0.5) is 0 Å². The van der Waals surface area contributed by atoms with Crippen molar-refractivity contribution in [2.24, 2.45) is 5.92 Å². The van der Waals surface area contributed by atoms with Gasteiger partial charge in [-0.3, -0.25) is 9.59 Å². The zero-order chi connectivity index (χ0) is 16.6. The molecule has 0 bridgehead atoms. The van der Waals surface area contributed by atoms with Crippen LogP contribution in [-0.4, -0.2) is 40.6 Å². The molecule has 2 atom stereocenters. The lowest BCUT2D eigenvalue weighted by Gasteiger charge is -2.26. The molecule has 2 unspecified atom stereocenters. The average Bonchev–Trinajstić information content (AvgIpc) is 2.74. The Kier molecular flexibility index (Phi) is 8.14. The van der Waals surface area contributed by atoms with Gasteiger partial charge < -0.3 is 14.9 Å². The summed E-state index contributed by atoms with van der Waals surface area (Å²) in [6.45, 7) is 1.36. The zero-order valence-electron chi connectivity index (χ0n) is 13.3. The van der Waals surface area contributed by atoms with Crippen LogP contribution in [0.2, 0.25) is 0 Å². The van der Waals surface area contributed by atoms with Crippen LogP contribution in [0.15, 0.2) is 11.0 Å². The standard InChI is InChI=1S/C16H26O5S/c1-3-4-5-6-7-8-9-16(20)10-12(22-2)14(18)13(16)15(19)21-11-17/h10,13,17,20H,3-9,11H2,1-2H3. The van der Waals surface area contributed by atoms with E-state index in [1.165, 1.54) is 30.7 Å². The van der Waals surface area contributed by atoms with E-state index in [1.807, 2.05) is 0 Å². The maximum atomic E-state index is 12.2. The molecule has 0 aromatic heterocycles. The van der Waals surface area contributed by atoms with Crippen LogP contribution >= 0.6 is 11.8 Å². The molecular formula is C16H26O5S. The van der Waals surface area contributed by atoms with E-state index < -0.39 is 30.1 Å². The van der Waals surface area contributed by atoms with E-state index in [2.05, 4.69) is 11.7 Å². The molecule has 0 heterocycles. The molecule has 0 aliphatic heterocycles. The zero-order valence-corrected chi connectivity index (χ0v) is 14.2. The van der Waals surface area contributed by atoms with Gasteiger partial charge in [0, 0.05) is 0 Å². The van der Waals surface area contributed by atoms with Gasteiger partial charge in [-0.25, -0.2) is 0 Å². The summed E-state index contributed by atoms with van der Waals surface area (Å²) in [4.78, 5) is 24.5. The second kappa shape index (κ2) is 9.33. The van der Waals surface area contributed by atoms with Crippen LogP contribution in [0, 0.1) is 5.92 Å². The predicted molar refractivity (Wildman–Crippen MR) is 86.2 cm³/mol. The fourth-order valence-electron chi connectivity index (χ4n) is 2.77. The first-order valence-electron chi connectivity index (χ1n) is 7.81. The van der Waals surface area contributed by atoms with Crippen molar-refractivity contribution < 1.29 is 24.5 Å². The van der Waals surface area contributed by atoms with E-state index in [-0.39, 0.29) is 0 Å². The van der Waals surface area contributed by atoms with Crippen molar-refractivity contribution in [1.29, 1.82) is 0 Å². The Bertz CT molecular complexity index is 421. The van der Waals surface area contributed by atoms with Crippen molar-refractivity contribution in [1.82, 2.24) is 0 Å². The minimum absolute atomic E-state index is 0.347. The molecule has 0 aromatic carbocycles. The first-order chi connectivity index (χ1) is 10.5. The van der Waals surface area contributed by atoms with E-state index >= 15 is 0 Å². The van der Waals surface area contributed by atoms with Gasteiger partial charge in [-0.05, 0) is 18.8 Å². The first-order valence-corrected chi connectivity index (χ1v) is 9.03. The van der Waals surface area contributed by atoms with Crippen LogP contribution in [0.1, 0.15) is 51.9 Å². The number of Topliss-reactive ketones (excluding diaryl/α,β-unsaturated/α-hetero) is 1. The normalized spacial score (nSPS) is 24.5. The monoisotopic (exact) mass is 330 g/mol. The summed E-state index contributed by atoms with van der Waals surface area (Å²) in [5.41, 5.74) is -1.49. The summed E-state index contributed by atoms with van der Waals surface area (Å²) in [5, 5.41) is 19.4. The maximum Gasteiger partial charge on any atom is 0.322 e. The summed E-state index contributed by atoms with van der Waals surface area (Å²) in [6, 6.07) is 0. The number of ketones is 1. The van der Waals surface area contributed by atoms with Crippen LogP contribution in [0.25, 0.3) is 0 Å². The Morgan fingerprint density at radius 1 is 1.32 bits per heavy atom. The number of carbonyl (C=O) groups is 2. The lowest BCUT2D eigenvalue weighted by atomic mass is 9.85. The van der Waals surface area contributed by atoms with Crippen LogP contribution in [0.5, 0.6) is 0 Å². The van der Waals surface area contributed by atoms with Gasteiger partial charge in [-0.15, -0.1) is 11.8 Å². The fourth-order valence-corrected chi connectivity index (χ4v) is 3.41. The number of ether oxygens (including phenoxy) is 1. The minimum atomic E-state index is -1.49. The van der Waals surface area contributed by atoms with Crippen LogP contribution < -0.4 is 0 Å². The van der Waals surface area contributed by atoms with Crippen molar-refractivity contribution in [2.75, 3.05) is 13.0 Å². The van der Waals surface area contributed by atoms with Gasteiger partial charge in [-0.1, -0.05) is 45.4 Å². The van der Waals surface area contributed by atoms with Crippen LogP contribution in [-0.2, 0) is 14.3 Å². The summed E-state index contributed by atoms with van der Waals surface area (Å²) in [6.07, 6.45) is 9.88. The molecule has 0 spiro atoms. The third-order valence-corrected chi connectivity index (χ3v) is 4.74. The molecule has 0 saturated heterocycles. The summed E-state index contributed by atoms with van der Waals surface area (Å²) < 4.78 is 4.54. The van der Waals surface area contributed by atoms with E-state index in [4.69, 9.17) is 5.11 Å². The second-order valence-electron chi connectivity index (χ2n) is 5.61. The largest absolute Gasteiger partial charge is 0.438 e. The second-order valence-corrected chi connectivity index (χ2v) is 6.46. The molecule has 1 aliphatic rings. The highest BCUT2D eigenvalue weighted by atomic mass is 32.2. The number of carbonyl (C=O) groups excluding carboxylic acids is 2. The van der Waals surface area contributed by atoms with Crippen molar-refractivity contribution >= 4 is 23.5 Å². The van der Waals surface area contributed by atoms with E-state index in [9.17, 15) is 14.7 Å². The number of hydrogen-bond acceptors (Lipinski definition) is 6. The topological polar surface area (TPSA) is 83.8 Å². The third-order valence-electron chi connectivity index (χ3n) is 3.98. The van der Waals surface area contributed by atoms with Crippen molar-refractivity contribution in [3.05, 3.63) is 11.0 Å². The Morgan fingerprint density at radius 3 is 2.55 bits per heavy atom. The van der Waals surface area contributed by atoms with Gasteiger partial charge in [0.25, 0.3) is 0 Å². The number of thioether (sulfide) groups is 1.